The SMILES string of the molecule is CCc1ccc(C2CNCCN2C(=O)c2noc(-c3cccc(OC)c3)n2)cc1. The van der Waals surface area contributed by atoms with Gasteiger partial charge in [0, 0.05) is 25.2 Å². The van der Waals surface area contributed by atoms with Gasteiger partial charge in [-0.15, -0.1) is 0 Å². The van der Waals surface area contributed by atoms with E-state index in [0.717, 1.165) is 18.5 Å². The normalized spacial score (nSPS) is 16.6. The molecule has 0 spiro atoms. The Kier molecular flexibility index (Phi) is 5.57. The summed E-state index contributed by atoms with van der Waals surface area (Å²) in [7, 11) is 1.60. The first kappa shape index (κ1) is 19.1. The minimum atomic E-state index is -0.228. The average molecular weight is 392 g/mol. The second-order valence-electron chi connectivity index (χ2n) is 6.97. The molecule has 1 unspecified atom stereocenters. The van der Waals surface area contributed by atoms with Gasteiger partial charge in [-0.1, -0.05) is 42.4 Å². The predicted molar refractivity (Wildman–Crippen MR) is 109 cm³/mol. The molecule has 1 aliphatic heterocycles. The second kappa shape index (κ2) is 8.45. The van der Waals surface area contributed by atoms with Gasteiger partial charge >= 0.3 is 0 Å². The van der Waals surface area contributed by atoms with Crippen molar-refractivity contribution in [3.8, 4) is 17.2 Å². The first-order chi connectivity index (χ1) is 14.2. The number of carbonyl (C=O) groups is 1. The van der Waals surface area contributed by atoms with Crippen LogP contribution in [0.3, 0.4) is 0 Å². The van der Waals surface area contributed by atoms with Crippen LogP contribution in [-0.4, -0.2) is 47.7 Å². The zero-order chi connectivity index (χ0) is 20.2. The maximum absolute atomic E-state index is 13.2. The van der Waals surface area contributed by atoms with Gasteiger partial charge in [0.05, 0.1) is 13.2 Å². The number of carbonyl (C=O) groups excluding carboxylic acids is 1. The monoisotopic (exact) mass is 392 g/mol. The molecule has 0 aliphatic carbocycles. The fraction of sp³-hybridized carbons (Fsp3) is 0.318. The van der Waals surface area contributed by atoms with Crippen molar-refractivity contribution in [1.82, 2.24) is 20.4 Å². The number of hydrogen-bond donors (Lipinski definition) is 1. The van der Waals surface area contributed by atoms with Gasteiger partial charge < -0.3 is 19.5 Å². The molecule has 3 aromatic rings. The summed E-state index contributed by atoms with van der Waals surface area (Å²) in [6, 6.07) is 15.7. The van der Waals surface area contributed by atoms with Crippen molar-refractivity contribution < 1.29 is 14.1 Å². The molecule has 1 amide bonds. The summed E-state index contributed by atoms with van der Waals surface area (Å²) in [6.45, 7) is 4.14. The summed E-state index contributed by atoms with van der Waals surface area (Å²) in [6.07, 6.45) is 0.988. The summed E-state index contributed by atoms with van der Waals surface area (Å²) < 4.78 is 10.6. The molecule has 1 fully saturated rings. The Morgan fingerprint density at radius 1 is 1.28 bits per heavy atom. The van der Waals surface area contributed by atoms with E-state index >= 15 is 0 Å². The highest BCUT2D eigenvalue weighted by atomic mass is 16.5. The largest absolute Gasteiger partial charge is 0.497 e. The van der Waals surface area contributed by atoms with Crippen LogP contribution in [-0.2, 0) is 6.42 Å². The van der Waals surface area contributed by atoms with Crippen molar-refractivity contribution in [2.75, 3.05) is 26.7 Å². The van der Waals surface area contributed by atoms with Gasteiger partial charge in [0.1, 0.15) is 5.75 Å². The summed E-state index contributed by atoms with van der Waals surface area (Å²) in [5.41, 5.74) is 3.08. The van der Waals surface area contributed by atoms with E-state index in [0.29, 0.717) is 30.3 Å². The second-order valence-corrected chi connectivity index (χ2v) is 6.97. The van der Waals surface area contributed by atoms with E-state index in [4.69, 9.17) is 9.26 Å². The number of ether oxygens (including phenoxy) is 1. The third kappa shape index (κ3) is 4.00. The lowest BCUT2D eigenvalue weighted by Crippen LogP contribution is -2.49. The summed E-state index contributed by atoms with van der Waals surface area (Å²) in [5, 5.41) is 7.31. The maximum atomic E-state index is 13.2. The van der Waals surface area contributed by atoms with Crippen molar-refractivity contribution in [1.29, 1.82) is 0 Å². The van der Waals surface area contributed by atoms with Gasteiger partial charge in [-0.05, 0) is 35.7 Å². The molecule has 2 heterocycles. The number of nitrogens with one attached hydrogen (secondary N) is 1. The van der Waals surface area contributed by atoms with Crippen LogP contribution in [0, 0.1) is 0 Å². The number of aromatic nitrogens is 2. The minimum Gasteiger partial charge on any atom is -0.497 e. The van der Waals surface area contributed by atoms with Crippen LogP contribution in [0.15, 0.2) is 53.1 Å². The number of hydrogen-bond acceptors (Lipinski definition) is 6. The van der Waals surface area contributed by atoms with Crippen LogP contribution in [0.5, 0.6) is 5.75 Å². The van der Waals surface area contributed by atoms with E-state index in [-0.39, 0.29) is 17.8 Å². The smallest absolute Gasteiger partial charge is 0.295 e. The van der Waals surface area contributed by atoms with Crippen LogP contribution >= 0.6 is 0 Å². The lowest BCUT2D eigenvalue weighted by atomic mass is 10.0. The molecule has 1 saturated heterocycles. The number of nitrogens with zero attached hydrogens (tertiary/aromatic N) is 3. The van der Waals surface area contributed by atoms with Crippen molar-refractivity contribution in [3.05, 3.63) is 65.5 Å². The van der Waals surface area contributed by atoms with Crippen molar-refractivity contribution in [3.63, 3.8) is 0 Å². The van der Waals surface area contributed by atoms with Gasteiger partial charge in [0.15, 0.2) is 0 Å². The lowest BCUT2D eigenvalue weighted by Gasteiger charge is -2.35. The number of amides is 1. The molecular weight excluding hydrogens is 368 g/mol. The Morgan fingerprint density at radius 2 is 2.10 bits per heavy atom. The predicted octanol–water partition coefficient (Wildman–Crippen LogP) is 3.09. The van der Waals surface area contributed by atoms with E-state index < -0.39 is 0 Å². The summed E-state index contributed by atoms with van der Waals surface area (Å²) >= 11 is 0. The van der Waals surface area contributed by atoms with E-state index in [1.807, 2.05) is 23.1 Å². The zero-order valence-corrected chi connectivity index (χ0v) is 16.6. The average Bonchev–Trinajstić information content (AvgIpc) is 3.29. The Hall–Kier alpha value is -3.19. The zero-order valence-electron chi connectivity index (χ0n) is 16.6. The summed E-state index contributed by atoms with van der Waals surface area (Å²) in [4.78, 5) is 19.3. The first-order valence-corrected chi connectivity index (χ1v) is 9.78. The molecule has 1 N–H and O–H groups in total. The number of methoxy groups -OCH3 is 1. The van der Waals surface area contributed by atoms with Crippen LogP contribution in [0.2, 0.25) is 0 Å². The number of rotatable bonds is 5. The highest BCUT2D eigenvalue weighted by Gasteiger charge is 2.31. The highest BCUT2D eigenvalue weighted by Crippen LogP contribution is 2.26. The van der Waals surface area contributed by atoms with Crippen molar-refractivity contribution in [2.45, 2.75) is 19.4 Å². The molecular formula is C22H24N4O3. The van der Waals surface area contributed by atoms with Crippen LogP contribution in [0.4, 0.5) is 0 Å². The highest BCUT2D eigenvalue weighted by molar-refractivity contribution is 5.91. The molecule has 7 heteroatoms. The van der Waals surface area contributed by atoms with Crippen LogP contribution in [0.1, 0.15) is 34.7 Å². The molecule has 4 rings (SSSR count). The Labute approximate surface area is 169 Å². The van der Waals surface area contributed by atoms with Crippen molar-refractivity contribution in [2.24, 2.45) is 0 Å². The molecule has 1 aliphatic rings. The Bertz CT molecular complexity index is 984. The van der Waals surface area contributed by atoms with E-state index in [1.54, 1.807) is 13.2 Å². The first-order valence-electron chi connectivity index (χ1n) is 9.78. The summed E-state index contributed by atoms with van der Waals surface area (Å²) in [5.74, 6) is 0.825. The van der Waals surface area contributed by atoms with Gasteiger partial charge in [-0.2, -0.15) is 4.98 Å². The number of aryl methyl sites for hydroxylation is 1. The minimum absolute atomic E-state index is 0.0686. The van der Waals surface area contributed by atoms with Crippen LogP contribution in [0.25, 0.3) is 11.5 Å². The molecule has 0 radical (unpaired) electrons. The third-order valence-corrected chi connectivity index (χ3v) is 5.21. The van der Waals surface area contributed by atoms with Gasteiger partial charge in [-0.25, -0.2) is 0 Å². The molecule has 1 aromatic heterocycles. The molecule has 0 bridgehead atoms. The Balaban J connectivity index is 1.57. The molecule has 1 atom stereocenters. The van der Waals surface area contributed by atoms with Gasteiger partial charge in [0.25, 0.3) is 17.6 Å². The van der Waals surface area contributed by atoms with E-state index in [2.05, 4.69) is 46.6 Å². The molecule has 150 valence electrons. The van der Waals surface area contributed by atoms with Gasteiger partial charge in [0.2, 0.25) is 0 Å². The Morgan fingerprint density at radius 3 is 2.86 bits per heavy atom. The van der Waals surface area contributed by atoms with Crippen LogP contribution < -0.4 is 10.1 Å². The molecule has 0 saturated carbocycles. The quantitative estimate of drug-likeness (QED) is 0.719. The lowest BCUT2D eigenvalue weighted by molar-refractivity contribution is 0.0618. The molecule has 29 heavy (non-hydrogen) atoms. The standard InChI is InChI=1S/C22H24N4O3/c1-3-15-7-9-16(10-8-15)19-14-23-11-12-26(19)22(27)20-24-21(29-25-20)17-5-4-6-18(13-17)28-2/h4-10,13,19,23H,3,11-12,14H2,1-2H3. The molecule has 7 nitrogen and oxygen atoms in total. The fourth-order valence-corrected chi connectivity index (χ4v) is 3.53. The van der Waals surface area contributed by atoms with Gasteiger partial charge in [-0.3, -0.25) is 4.79 Å². The fourth-order valence-electron chi connectivity index (χ4n) is 3.53. The number of piperazine rings is 1. The molecule has 2 aromatic carbocycles. The van der Waals surface area contributed by atoms with E-state index in [9.17, 15) is 4.79 Å². The third-order valence-electron chi connectivity index (χ3n) is 5.21. The van der Waals surface area contributed by atoms with E-state index in [1.165, 1.54) is 5.56 Å². The van der Waals surface area contributed by atoms with Crippen molar-refractivity contribution >= 4 is 5.91 Å². The maximum Gasteiger partial charge on any atom is 0.295 e. The number of benzene rings is 2. The topological polar surface area (TPSA) is 80.5 Å².